The van der Waals surface area contributed by atoms with E-state index >= 15 is 0 Å². The van der Waals surface area contributed by atoms with Gasteiger partial charge in [-0.2, -0.15) is 0 Å². The van der Waals surface area contributed by atoms with Crippen LogP contribution in [0.5, 0.6) is 0 Å². The summed E-state index contributed by atoms with van der Waals surface area (Å²) in [5.74, 6) is 0. The zero-order valence-corrected chi connectivity index (χ0v) is 31.8. The zero-order chi connectivity index (χ0) is 36.7. The number of hydrogen-bond donors (Lipinski definition) is 0. The summed E-state index contributed by atoms with van der Waals surface area (Å²) in [7, 11) is 0. The Balaban J connectivity index is 1.17. The van der Waals surface area contributed by atoms with Crippen molar-refractivity contribution >= 4 is 107 Å². The normalized spacial score (nSPS) is 13.5. The van der Waals surface area contributed by atoms with Crippen molar-refractivity contribution in [2.45, 2.75) is 9.79 Å². The van der Waals surface area contributed by atoms with Gasteiger partial charge in [0.25, 0.3) is 6.71 Å². The van der Waals surface area contributed by atoms with Crippen molar-refractivity contribution in [1.29, 1.82) is 0 Å². The molecule has 0 N–H and O–H groups in total. The average molecular weight is 750 g/mol. The lowest BCUT2D eigenvalue weighted by Gasteiger charge is -2.44. The third-order valence-electron chi connectivity index (χ3n) is 11.4. The Bertz CT molecular complexity index is 2980. The summed E-state index contributed by atoms with van der Waals surface area (Å²) in [4.78, 5) is 9.93. The fourth-order valence-corrected chi connectivity index (χ4v) is 11.4. The van der Waals surface area contributed by atoms with E-state index in [2.05, 4.69) is 209 Å². The van der Waals surface area contributed by atoms with Crippen LogP contribution in [-0.2, 0) is 0 Å². The van der Waals surface area contributed by atoms with Gasteiger partial charge in [0.2, 0.25) is 0 Å². The first-order valence-corrected chi connectivity index (χ1v) is 20.7. The van der Waals surface area contributed by atoms with Crippen LogP contribution < -0.4 is 30.4 Å². The van der Waals surface area contributed by atoms with Crippen LogP contribution in [-0.4, -0.2) is 6.71 Å². The molecule has 6 heteroatoms. The SMILES string of the molecule is c1ccc(-c2ccc3sc4c(c3c2)N(c2ccccc2)c2cccc3c2B4c2ccc4cc2N3c2ccccc2Sc2ccccc2N4c2ccccc2)cc1. The van der Waals surface area contributed by atoms with Gasteiger partial charge in [0.1, 0.15) is 0 Å². The second-order valence-electron chi connectivity index (χ2n) is 14.5. The van der Waals surface area contributed by atoms with Gasteiger partial charge in [-0.15, -0.1) is 11.3 Å². The number of para-hydroxylation sites is 4. The Morgan fingerprint density at radius 3 is 1.70 bits per heavy atom. The molecule has 0 radical (unpaired) electrons. The molecule has 12 rings (SSSR count). The summed E-state index contributed by atoms with van der Waals surface area (Å²) in [6.07, 6.45) is 0. The van der Waals surface area contributed by atoms with E-state index in [4.69, 9.17) is 0 Å². The average Bonchev–Trinajstić information content (AvgIpc) is 3.64. The van der Waals surface area contributed by atoms with Gasteiger partial charge in [-0.3, -0.25) is 0 Å². The van der Waals surface area contributed by atoms with E-state index in [0.29, 0.717) is 0 Å². The standard InChI is InChI=1S/C50H32BN3S2/c1-4-15-33(16-5-1)34-27-30-45-38(31-34)49-50(56-45)51-39-29-28-37-32-44(39)54(43-24-14-23-42(48(43)51)53(49)36-19-8-3-9-20-36)41-22-11-13-26-47(41)55-46-25-12-10-21-40(46)52(37)35-17-6-2-7-18-35/h1-32H. The molecule has 0 amide bonds. The monoisotopic (exact) mass is 749 g/mol. The Labute approximate surface area is 334 Å². The molecule has 3 aliphatic rings. The number of hydrogen-bond acceptors (Lipinski definition) is 5. The molecule has 3 aliphatic heterocycles. The fraction of sp³-hybridized carbons (Fsp3) is 0. The van der Waals surface area contributed by atoms with Crippen LogP contribution in [0.3, 0.4) is 0 Å². The van der Waals surface area contributed by atoms with Crippen LogP contribution >= 0.6 is 23.1 Å². The highest BCUT2D eigenvalue weighted by molar-refractivity contribution is 7.99. The molecule has 0 fully saturated rings. The third-order valence-corrected chi connectivity index (χ3v) is 13.8. The minimum atomic E-state index is 0.0502. The maximum absolute atomic E-state index is 2.54. The van der Waals surface area contributed by atoms with Crippen molar-refractivity contribution in [1.82, 2.24) is 0 Å². The van der Waals surface area contributed by atoms with Crippen molar-refractivity contribution < 1.29 is 0 Å². The lowest BCUT2D eigenvalue weighted by molar-refractivity contribution is 1.19. The molecule has 2 bridgehead atoms. The molecule has 0 saturated heterocycles. The molecule has 0 aliphatic carbocycles. The fourth-order valence-electron chi connectivity index (χ4n) is 9.04. The summed E-state index contributed by atoms with van der Waals surface area (Å²) >= 11 is 3.79. The molecule has 0 spiro atoms. The molecule has 4 heterocycles. The topological polar surface area (TPSA) is 9.72 Å². The van der Waals surface area contributed by atoms with Gasteiger partial charge < -0.3 is 14.7 Å². The van der Waals surface area contributed by atoms with E-state index in [1.165, 1.54) is 86.5 Å². The molecule has 1 aromatic heterocycles. The molecule has 0 atom stereocenters. The summed E-state index contributed by atoms with van der Waals surface area (Å²) in [6.45, 7) is 0.0502. The van der Waals surface area contributed by atoms with Crippen LogP contribution in [0, 0.1) is 0 Å². The van der Waals surface area contributed by atoms with Gasteiger partial charge in [-0.05, 0) is 107 Å². The molecule has 262 valence electrons. The molecule has 3 nitrogen and oxygen atoms in total. The van der Waals surface area contributed by atoms with Gasteiger partial charge in [-0.25, -0.2) is 0 Å². The lowest BCUT2D eigenvalue weighted by Crippen LogP contribution is -2.60. The van der Waals surface area contributed by atoms with E-state index in [-0.39, 0.29) is 6.71 Å². The first kappa shape index (κ1) is 31.8. The van der Waals surface area contributed by atoms with Crippen molar-refractivity contribution in [2.75, 3.05) is 14.7 Å². The highest BCUT2D eigenvalue weighted by Gasteiger charge is 2.45. The summed E-state index contributed by atoms with van der Waals surface area (Å²) in [6, 6.07) is 71.4. The molecular formula is C50H32BN3S2. The quantitative estimate of drug-likeness (QED) is 0.166. The minimum Gasteiger partial charge on any atom is -0.310 e. The number of anilines is 9. The zero-order valence-electron chi connectivity index (χ0n) is 30.2. The van der Waals surface area contributed by atoms with Crippen LogP contribution in [0.4, 0.5) is 51.2 Å². The van der Waals surface area contributed by atoms with E-state index in [0.717, 1.165) is 11.4 Å². The van der Waals surface area contributed by atoms with Gasteiger partial charge in [0.15, 0.2) is 0 Å². The molecule has 56 heavy (non-hydrogen) atoms. The first-order chi connectivity index (χ1) is 27.8. The van der Waals surface area contributed by atoms with Gasteiger partial charge >= 0.3 is 0 Å². The number of rotatable bonds is 3. The highest BCUT2D eigenvalue weighted by atomic mass is 32.2. The Hall–Kier alpha value is -6.47. The maximum atomic E-state index is 2.54. The Kier molecular flexibility index (Phi) is 7.13. The third kappa shape index (κ3) is 4.73. The predicted molar refractivity (Wildman–Crippen MR) is 240 cm³/mol. The largest absolute Gasteiger partial charge is 0.310 e. The van der Waals surface area contributed by atoms with Gasteiger partial charge in [-0.1, -0.05) is 121 Å². The van der Waals surface area contributed by atoms with E-state index in [9.17, 15) is 0 Å². The van der Waals surface area contributed by atoms with Crippen molar-refractivity contribution in [3.05, 3.63) is 194 Å². The van der Waals surface area contributed by atoms with Crippen LogP contribution in [0.1, 0.15) is 0 Å². The molecular weight excluding hydrogens is 718 g/mol. The van der Waals surface area contributed by atoms with E-state index < -0.39 is 0 Å². The van der Waals surface area contributed by atoms with Gasteiger partial charge in [0, 0.05) is 58.8 Å². The second kappa shape index (κ2) is 12.5. The number of thiophene rings is 1. The summed E-state index contributed by atoms with van der Waals surface area (Å²) in [5.41, 5.74) is 15.9. The second-order valence-corrected chi connectivity index (χ2v) is 16.7. The molecule has 0 saturated carbocycles. The molecule has 0 unspecified atom stereocenters. The molecule has 9 aromatic rings. The van der Waals surface area contributed by atoms with Crippen molar-refractivity contribution in [3.63, 3.8) is 0 Å². The van der Waals surface area contributed by atoms with Crippen LogP contribution in [0.25, 0.3) is 21.2 Å². The van der Waals surface area contributed by atoms with E-state index in [1.807, 2.05) is 23.1 Å². The number of nitrogens with zero attached hydrogens (tertiary/aromatic N) is 3. The number of benzene rings is 8. The Morgan fingerprint density at radius 2 is 0.982 bits per heavy atom. The minimum absolute atomic E-state index is 0.0502. The van der Waals surface area contributed by atoms with Gasteiger partial charge in [0.05, 0.1) is 17.1 Å². The van der Waals surface area contributed by atoms with E-state index in [1.54, 1.807) is 0 Å². The maximum Gasteiger partial charge on any atom is 0.264 e. The molecule has 8 aromatic carbocycles. The van der Waals surface area contributed by atoms with Crippen molar-refractivity contribution in [3.8, 4) is 11.1 Å². The summed E-state index contributed by atoms with van der Waals surface area (Å²) in [5, 5.41) is 1.29. The Morgan fingerprint density at radius 1 is 0.393 bits per heavy atom. The number of fused-ring (bicyclic) bond motifs is 10. The van der Waals surface area contributed by atoms with Crippen molar-refractivity contribution in [2.24, 2.45) is 0 Å². The summed E-state index contributed by atoms with van der Waals surface area (Å²) < 4.78 is 2.68. The first-order valence-electron chi connectivity index (χ1n) is 19.1. The smallest absolute Gasteiger partial charge is 0.264 e. The predicted octanol–water partition coefficient (Wildman–Crippen LogP) is 12.6. The highest BCUT2D eigenvalue weighted by Crippen LogP contribution is 2.52. The van der Waals surface area contributed by atoms with Crippen LogP contribution in [0.15, 0.2) is 204 Å². The van der Waals surface area contributed by atoms with Crippen LogP contribution in [0.2, 0.25) is 0 Å². The lowest BCUT2D eigenvalue weighted by atomic mass is 9.36.